The molecule has 0 aliphatic heterocycles. The van der Waals surface area contributed by atoms with Crippen molar-refractivity contribution in [2.75, 3.05) is 5.43 Å². The highest BCUT2D eigenvalue weighted by molar-refractivity contribution is 6.36. The highest BCUT2D eigenvalue weighted by atomic mass is 35.5. The number of nitrogens with one attached hydrogen (secondary N) is 1. The van der Waals surface area contributed by atoms with Gasteiger partial charge in [0.25, 0.3) is 0 Å². The molecule has 7 heteroatoms. The van der Waals surface area contributed by atoms with Gasteiger partial charge in [-0.2, -0.15) is 5.10 Å². The second-order valence-corrected chi connectivity index (χ2v) is 7.63. The van der Waals surface area contributed by atoms with E-state index >= 15 is 0 Å². The standard InChI is InChI=1S/C22H15Cl3N4/c1-13(14-6-8-15(23)9-7-14)28-29-22-18-4-2-3-5-20(18)26-21(27-22)17-11-10-16(24)12-19(17)25/h2-12H,1H3,(H,26,27,29). The zero-order valence-corrected chi connectivity index (χ0v) is 17.6. The van der Waals surface area contributed by atoms with Gasteiger partial charge in [-0.15, -0.1) is 0 Å². The summed E-state index contributed by atoms with van der Waals surface area (Å²) in [7, 11) is 0. The predicted octanol–water partition coefficient (Wildman–Crippen LogP) is 7.09. The van der Waals surface area contributed by atoms with E-state index in [4.69, 9.17) is 34.8 Å². The van der Waals surface area contributed by atoms with Crippen molar-refractivity contribution in [3.63, 3.8) is 0 Å². The van der Waals surface area contributed by atoms with Crippen LogP contribution in [0.5, 0.6) is 0 Å². The zero-order chi connectivity index (χ0) is 20.4. The second kappa shape index (κ2) is 8.37. The first-order chi connectivity index (χ1) is 14.0. The highest BCUT2D eigenvalue weighted by Gasteiger charge is 2.12. The van der Waals surface area contributed by atoms with E-state index in [1.807, 2.05) is 55.5 Å². The van der Waals surface area contributed by atoms with E-state index in [0.29, 0.717) is 32.3 Å². The number of nitrogens with zero attached hydrogens (tertiary/aromatic N) is 3. The average Bonchev–Trinajstić information content (AvgIpc) is 2.72. The smallest absolute Gasteiger partial charge is 0.163 e. The molecule has 3 aromatic carbocycles. The third-order valence-electron chi connectivity index (χ3n) is 4.37. The van der Waals surface area contributed by atoms with Crippen molar-refractivity contribution < 1.29 is 0 Å². The number of hydrogen-bond donors (Lipinski definition) is 1. The molecule has 0 bridgehead atoms. The molecule has 0 amide bonds. The quantitative estimate of drug-likeness (QED) is 0.271. The van der Waals surface area contributed by atoms with Crippen LogP contribution in [0.1, 0.15) is 12.5 Å². The normalized spacial score (nSPS) is 11.7. The lowest BCUT2D eigenvalue weighted by atomic mass is 10.1. The summed E-state index contributed by atoms with van der Waals surface area (Å²) in [6.07, 6.45) is 0. The number of aromatic nitrogens is 2. The first-order valence-electron chi connectivity index (χ1n) is 8.80. The van der Waals surface area contributed by atoms with Crippen molar-refractivity contribution in [1.82, 2.24) is 9.97 Å². The molecule has 144 valence electrons. The Labute approximate surface area is 183 Å². The molecule has 29 heavy (non-hydrogen) atoms. The minimum atomic E-state index is 0.486. The maximum Gasteiger partial charge on any atom is 0.163 e. The van der Waals surface area contributed by atoms with Crippen molar-refractivity contribution in [3.05, 3.63) is 87.4 Å². The van der Waals surface area contributed by atoms with E-state index in [-0.39, 0.29) is 0 Å². The highest BCUT2D eigenvalue weighted by Crippen LogP contribution is 2.31. The molecule has 0 atom stereocenters. The molecule has 4 nitrogen and oxygen atoms in total. The van der Waals surface area contributed by atoms with Gasteiger partial charge in [0.1, 0.15) is 0 Å². The Morgan fingerprint density at radius 3 is 2.34 bits per heavy atom. The Bertz CT molecular complexity index is 1220. The number of hydrogen-bond acceptors (Lipinski definition) is 4. The average molecular weight is 442 g/mol. The van der Waals surface area contributed by atoms with Crippen LogP contribution in [0.25, 0.3) is 22.3 Å². The molecule has 1 heterocycles. The molecule has 0 radical (unpaired) electrons. The summed E-state index contributed by atoms with van der Waals surface area (Å²) in [5.41, 5.74) is 6.32. The Morgan fingerprint density at radius 2 is 1.59 bits per heavy atom. The molecule has 0 aliphatic carbocycles. The van der Waals surface area contributed by atoms with Crippen molar-refractivity contribution >= 4 is 57.2 Å². The summed E-state index contributed by atoms with van der Waals surface area (Å²) >= 11 is 18.3. The van der Waals surface area contributed by atoms with Gasteiger partial charge in [0.15, 0.2) is 11.6 Å². The number of rotatable bonds is 4. The minimum absolute atomic E-state index is 0.486. The number of anilines is 1. The van der Waals surface area contributed by atoms with Gasteiger partial charge in [-0.05, 0) is 55.0 Å². The summed E-state index contributed by atoms with van der Waals surface area (Å²) in [6.45, 7) is 1.91. The van der Waals surface area contributed by atoms with Crippen LogP contribution < -0.4 is 5.43 Å². The number of hydrazone groups is 1. The second-order valence-electron chi connectivity index (χ2n) is 6.35. The molecular weight excluding hydrogens is 427 g/mol. The molecule has 0 fully saturated rings. The summed E-state index contributed by atoms with van der Waals surface area (Å²) < 4.78 is 0. The minimum Gasteiger partial charge on any atom is -0.260 e. The molecule has 1 aromatic heterocycles. The lowest BCUT2D eigenvalue weighted by Crippen LogP contribution is -2.03. The molecule has 0 spiro atoms. The van der Waals surface area contributed by atoms with E-state index in [1.54, 1.807) is 18.2 Å². The Balaban J connectivity index is 1.76. The van der Waals surface area contributed by atoms with Crippen LogP contribution in [0.15, 0.2) is 71.8 Å². The van der Waals surface area contributed by atoms with Crippen LogP contribution in [0, 0.1) is 0 Å². The van der Waals surface area contributed by atoms with Crippen LogP contribution in [-0.2, 0) is 0 Å². The van der Waals surface area contributed by atoms with Gasteiger partial charge >= 0.3 is 0 Å². The molecule has 0 unspecified atom stereocenters. The first kappa shape index (κ1) is 19.6. The van der Waals surface area contributed by atoms with Crippen LogP contribution in [-0.4, -0.2) is 15.7 Å². The molecule has 0 saturated heterocycles. The van der Waals surface area contributed by atoms with E-state index in [9.17, 15) is 0 Å². The summed E-state index contributed by atoms with van der Waals surface area (Å²) in [4.78, 5) is 9.31. The molecule has 4 aromatic rings. The third-order valence-corrected chi connectivity index (χ3v) is 5.17. The van der Waals surface area contributed by atoms with Gasteiger partial charge < -0.3 is 0 Å². The van der Waals surface area contributed by atoms with Gasteiger partial charge in [-0.1, -0.05) is 59.1 Å². The fraction of sp³-hybridized carbons (Fsp3) is 0.0455. The topological polar surface area (TPSA) is 50.2 Å². The molecule has 0 aliphatic rings. The fourth-order valence-electron chi connectivity index (χ4n) is 2.85. The predicted molar refractivity (Wildman–Crippen MR) is 122 cm³/mol. The van der Waals surface area contributed by atoms with Crippen LogP contribution in [0.2, 0.25) is 15.1 Å². The van der Waals surface area contributed by atoms with Crippen molar-refractivity contribution in [3.8, 4) is 11.4 Å². The summed E-state index contributed by atoms with van der Waals surface area (Å²) in [6, 6.07) is 20.5. The third kappa shape index (κ3) is 4.35. The maximum absolute atomic E-state index is 6.36. The van der Waals surface area contributed by atoms with Crippen molar-refractivity contribution in [2.24, 2.45) is 5.10 Å². The number of halogens is 3. The molecule has 1 N–H and O–H groups in total. The summed E-state index contributed by atoms with van der Waals surface area (Å²) in [5, 5.41) is 7.07. The fourth-order valence-corrected chi connectivity index (χ4v) is 3.46. The van der Waals surface area contributed by atoms with Crippen molar-refractivity contribution in [1.29, 1.82) is 0 Å². The molecular formula is C22H15Cl3N4. The SMILES string of the molecule is CC(=NNc1nc(-c2ccc(Cl)cc2Cl)nc2ccccc12)c1ccc(Cl)cc1. The Kier molecular flexibility index (Phi) is 5.67. The number of para-hydroxylation sites is 1. The van der Waals surface area contributed by atoms with Gasteiger partial charge in [-0.25, -0.2) is 9.97 Å². The number of benzene rings is 3. The van der Waals surface area contributed by atoms with Gasteiger partial charge in [0.05, 0.1) is 16.3 Å². The Hall–Kier alpha value is -2.66. The maximum atomic E-state index is 6.36. The van der Waals surface area contributed by atoms with E-state index in [0.717, 1.165) is 22.2 Å². The van der Waals surface area contributed by atoms with Crippen LogP contribution in [0.4, 0.5) is 5.82 Å². The van der Waals surface area contributed by atoms with E-state index < -0.39 is 0 Å². The lowest BCUT2D eigenvalue weighted by Gasteiger charge is -2.10. The molecule has 0 saturated carbocycles. The zero-order valence-electron chi connectivity index (χ0n) is 15.3. The molecule has 4 rings (SSSR count). The number of fused-ring (bicyclic) bond motifs is 1. The summed E-state index contributed by atoms with van der Waals surface area (Å²) in [5.74, 6) is 1.08. The first-order valence-corrected chi connectivity index (χ1v) is 9.93. The Morgan fingerprint density at radius 1 is 0.862 bits per heavy atom. The van der Waals surface area contributed by atoms with Crippen LogP contribution in [0.3, 0.4) is 0 Å². The largest absolute Gasteiger partial charge is 0.260 e. The monoisotopic (exact) mass is 440 g/mol. The van der Waals surface area contributed by atoms with Gasteiger partial charge in [-0.3, -0.25) is 5.43 Å². The van der Waals surface area contributed by atoms with E-state index in [1.165, 1.54) is 0 Å². The van der Waals surface area contributed by atoms with Gasteiger partial charge in [0, 0.05) is 21.0 Å². The van der Waals surface area contributed by atoms with Gasteiger partial charge in [0.2, 0.25) is 0 Å². The van der Waals surface area contributed by atoms with Crippen molar-refractivity contribution in [2.45, 2.75) is 6.92 Å². The van der Waals surface area contributed by atoms with Crippen LogP contribution >= 0.6 is 34.8 Å². The lowest BCUT2D eigenvalue weighted by molar-refractivity contribution is 1.18. The van der Waals surface area contributed by atoms with E-state index in [2.05, 4.69) is 20.5 Å².